The summed E-state index contributed by atoms with van der Waals surface area (Å²) < 4.78 is -1.16. The Labute approximate surface area is 222 Å². The SMILES string of the molecule is Cc1cccc(C)c1NC(=O)C1N([C@H](C)CO)C(=O)[C@@H]2[C@H](C(=O)NCc3ccccc3)[C@]3(C)CCC12S3. The van der Waals surface area contributed by atoms with E-state index >= 15 is 0 Å². The van der Waals surface area contributed by atoms with Gasteiger partial charge in [0.1, 0.15) is 6.04 Å². The zero-order chi connectivity index (χ0) is 26.5. The fourth-order valence-electron chi connectivity index (χ4n) is 6.72. The van der Waals surface area contributed by atoms with Gasteiger partial charge in [0.25, 0.3) is 0 Å². The van der Waals surface area contributed by atoms with E-state index in [0.29, 0.717) is 13.0 Å². The van der Waals surface area contributed by atoms with Crippen molar-refractivity contribution in [3.05, 3.63) is 65.2 Å². The molecule has 2 bridgehead atoms. The van der Waals surface area contributed by atoms with Gasteiger partial charge in [0, 0.05) is 17.0 Å². The summed E-state index contributed by atoms with van der Waals surface area (Å²) in [5, 5.41) is 16.2. The van der Waals surface area contributed by atoms with Crippen LogP contribution >= 0.6 is 11.8 Å². The molecule has 3 aliphatic heterocycles. The van der Waals surface area contributed by atoms with E-state index in [4.69, 9.17) is 0 Å². The molecular formula is C29H35N3O4S. The lowest BCUT2D eigenvalue weighted by Gasteiger charge is -2.36. The molecule has 3 heterocycles. The quantitative estimate of drug-likeness (QED) is 0.519. The summed E-state index contributed by atoms with van der Waals surface area (Å²) >= 11 is 1.63. The average Bonchev–Trinajstić information content (AvgIpc) is 3.45. The van der Waals surface area contributed by atoms with Gasteiger partial charge in [0.15, 0.2) is 0 Å². The maximum atomic E-state index is 14.0. The Morgan fingerprint density at radius 1 is 1.08 bits per heavy atom. The molecular weight excluding hydrogens is 486 g/mol. The fraction of sp³-hybridized carbons (Fsp3) is 0.483. The Morgan fingerprint density at radius 3 is 2.41 bits per heavy atom. The zero-order valence-corrected chi connectivity index (χ0v) is 22.6. The van der Waals surface area contributed by atoms with Crippen molar-refractivity contribution in [3.63, 3.8) is 0 Å². The van der Waals surface area contributed by atoms with Crippen LogP contribution in [0.15, 0.2) is 48.5 Å². The molecule has 0 aromatic heterocycles. The molecule has 196 valence electrons. The molecule has 3 aliphatic rings. The van der Waals surface area contributed by atoms with E-state index in [1.165, 1.54) is 0 Å². The molecule has 2 aromatic rings. The van der Waals surface area contributed by atoms with Crippen LogP contribution < -0.4 is 10.6 Å². The van der Waals surface area contributed by atoms with Gasteiger partial charge in [-0.1, -0.05) is 48.5 Å². The molecule has 0 aliphatic carbocycles. The number of aryl methyl sites for hydroxylation is 2. The molecule has 0 saturated carbocycles. The summed E-state index contributed by atoms with van der Waals surface area (Å²) in [7, 11) is 0. The first kappa shape index (κ1) is 25.8. The van der Waals surface area contributed by atoms with Gasteiger partial charge in [-0.3, -0.25) is 14.4 Å². The summed E-state index contributed by atoms with van der Waals surface area (Å²) in [5.74, 6) is -1.77. The van der Waals surface area contributed by atoms with E-state index < -0.39 is 33.4 Å². The van der Waals surface area contributed by atoms with E-state index in [9.17, 15) is 19.5 Å². The number of nitrogens with one attached hydrogen (secondary N) is 2. The first-order valence-electron chi connectivity index (χ1n) is 12.9. The number of benzene rings is 2. The Balaban J connectivity index is 1.49. The first-order valence-corrected chi connectivity index (χ1v) is 13.8. The zero-order valence-electron chi connectivity index (χ0n) is 21.8. The topological polar surface area (TPSA) is 98.7 Å². The van der Waals surface area contributed by atoms with Crippen LogP contribution in [-0.4, -0.2) is 55.9 Å². The second-order valence-electron chi connectivity index (χ2n) is 11.0. The van der Waals surface area contributed by atoms with E-state index in [0.717, 1.165) is 28.8 Å². The molecule has 8 heteroatoms. The number of likely N-dealkylation sites (tertiary alicyclic amines) is 1. The maximum absolute atomic E-state index is 14.0. The fourth-order valence-corrected chi connectivity index (χ4v) is 9.07. The van der Waals surface area contributed by atoms with Crippen LogP contribution in [0, 0.1) is 25.7 Å². The Bertz CT molecular complexity index is 1220. The van der Waals surface area contributed by atoms with Gasteiger partial charge in [0.05, 0.1) is 29.2 Å². The number of aliphatic hydroxyl groups excluding tert-OH is 1. The number of aliphatic hydroxyl groups is 1. The van der Waals surface area contributed by atoms with Crippen LogP contribution in [-0.2, 0) is 20.9 Å². The average molecular weight is 522 g/mol. The van der Waals surface area contributed by atoms with Crippen molar-refractivity contribution >= 4 is 35.2 Å². The highest BCUT2D eigenvalue weighted by atomic mass is 32.2. The minimum absolute atomic E-state index is 0.147. The number of thioether (sulfide) groups is 1. The number of carbonyl (C=O) groups is 3. The lowest BCUT2D eigenvalue weighted by Crippen LogP contribution is -2.54. The highest BCUT2D eigenvalue weighted by Gasteiger charge is 2.77. The van der Waals surface area contributed by atoms with Gasteiger partial charge in [-0.05, 0) is 57.2 Å². The minimum Gasteiger partial charge on any atom is -0.394 e. The van der Waals surface area contributed by atoms with Crippen LogP contribution in [0.25, 0.3) is 0 Å². The predicted octanol–water partition coefficient (Wildman–Crippen LogP) is 3.42. The number of hydrogen-bond acceptors (Lipinski definition) is 5. The minimum atomic E-state index is -0.773. The van der Waals surface area contributed by atoms with Crippen LogP contribution in [0.5, 0.6) is 0 Å². The van der Waals surface area contributed by atoms with E-state index in [1.54, 1.807) is 23.6 Å². The Hall–Kier alpha value is -2.84. The van der Waals surface area contributed by atoms with Crippen molar-refractivity contribution < 1.29 is 19.5 Å². The number of rotatable bonds is 7. The number of carbonyl (C=O) groups excluding carboxylic acids is 3. The number of hydrogen-bond donors (Lipinski definition) is 3. The highest BCUT2D eigenvalue weighted by Crippen LogP contribution is 2.71. The van der Waals surface area contributed by atoms with Crippen molar-refractivity contribution in [2.24, 2.45) is 11.8 Å². The summed E-state index contributed by atoms with van der Waals surface area (Å²) in [5.41, 5.74) is 3.63. The number of para-hydroxylation sites is 1. The third kappa shape index (κ3) is 4.05. The molecule has 3 N–H and O–H groups in total. The van der Waals surface area contributed by atoms with Crippen molar-refractivity contribution in [1.29, 1.82) is 0 Å². The van der Waals surface area contributed by atoms with Gasteiger partial charge in [-0.15, -0.1) is 11.8 Å². The van der Waals surface area contributed by atoms with Crippen molar-refractivity contribution in [3.8, 4) is 0 Å². The summed E-state index contributed by atoms with van der Waals surface area (Å²) in [6, 6.07) is 14.2. The molecule has 3 saturated heterocycles. The lowest BCUT2D eigenvalue weighted by atomic mass is 9.66. The molecule has 3 amide bonds. The van der Waals surface area contributed by atoms with Gasteiger partial charge in [-0.2, -0.15) is 0 Å². The van der Waals surface area contributed by atoms with Crippen LogP contribution in [0.4, 0.5) is 5.69 Å². The van der Waals surface area contributed by atoms with Gasteiger partial charge >= 0.3 is 0 Å². The normalized spacial score (nSPS) is 30.8. The summed E-state index contributed by atoms with van der Waals surface area (Å²) in [6.45, 7) is 7.85. The smallest absolute Gasteiger partial charge is 0.248 e. The highest BCUT2D eigenvalue weighted by molar-refractivity contribution is 8.02. The number of amides is 3. The standard InChI is InChI=1S/C29H35N3O4S/c1-17-9-8-10-18(2)23(17)31-26(35)24-29-14-13-28(4,37-29)21(22(29)27(36)32(24)19(3)16-33)25(34)30-15-20-11-6-5-7-12-20/h5-12,19,21-22,24,33H,13-16H2,1-4H3,(H,30,34)(H,31,35)/t19-,21-,22+,24?,28+,29?/m1/s1. The molecule has 2 aromatic carbocycles. The predicted molar refractivity (Wildman–Crippen MR) is 145 cm³/mol. The first-order chi connectivity index (χ1) is 17.6. The van der Waals surface area contributed by atoms with Gasteiger partial charge in [-0.25, -0.2) is 0 Å². The second-order valence-corrected chi connectivity index (χ2v) is 12.9. The Kier molecular flexibility index (Phi) is 6.61. The van der Waals surface area contributed by atoms with Crippen LogP contribution in [0.2, 0.25) is 0 Å². The summed E-state index contributed by atoms with van der Waals surface area (Å²) in [6.07, 6.45) is 1.42. The Morgan fingerprint density at radius 2 is 1.76 bits per heavy atom. The molecule has 37 heavy (non-hydrogen) atoms. The van der Waals surface area contributed by atoms with Crippen molar-refractivity contribution in [2.75, 3.05) is 11.9 Å². The number of anilines is 1. The number of fused-ring (bicyclic) bond motifs is 1. The molecule has 3 fully saturated rings. The van der Waals surface area contributed by atoms with Crippen LogP contribution in [0.3, 0.4) is 0 Å². The lowest BCUT2D eigenvalue weighted by molar-refractivity contribution is -0.142. The van der Waals surface area contributed by atoms with E-state index in [2.05, 4.69) is 17.6 Å². The largest absolute Gasteiger partial charge is 0.394 e. The van der Waals surface area contributed by atoms with Crippen LogP contribution in [0.1, 0.15) is 43.4 Å². The second kappa shape index (κ2) is 9.48. The van der Waals surface area contributed by atoms with Gasteiger partial charge < -0.3 is 20.6 Å². The third-order valence-electron chi connectivity index (χ3n) is 8.52. The van der Waals surface area contributed by atoms with Gasteiger partial charge in [0.2, 0.25) is 17.7 Å². The van der Waals surface area contributed by atoms with Crippen molar-refractivity contribution in [1.82, 2.24) is 10.2 Å². The monoisotopic (exact) mass is 521 g/mol. The van der Waals surface area contributed by atoms with E-state index in [-0.39, 0.29) is 24.3 Å². The molecule has 5 rings (SSSR count). The molecule has 2 unspecified atom stereocenters. The summed E-state index contributed by atoms with van der Waals surface area (Å²) in [4.78, 5) is 43.3. The molecule has 7 nitrogen and oxygen atoms in total. The molecule has 6 atom stereocenters. The van der Waals surface area contributed by atoms with E-state index in [1.807, 2.05) is 62.4 Å². The molecule has 1 spiro atoms. The molecule has 0 radical (unpaired) electrons. The van der Waals surface area contributed by atoms with Crippen molar-refractivity contribution in [2.45, 2.75) is 68.7 Å². The number of nitrogens with zero attached hydrogens (tertiary/aromatic N) is 1. The third-order valence-corrected chi connectivity index (χ3v) is 10.5. The maximum Gasteiger partial charge on any atom is 0.248 e.